The Morgan fingerprint density at radius 3 is 2.45 bits per heavy atom. The van der Waals surface area contributed by atoms with Crippen LogP contribution in [0.1, 0.15) is 17.3 Å². The summed E-state index contributed by atoms with van der Waals surface area (Å²) in [5, 5.41) is 10.1. The number of methoxy groups -OCH3 is 2. The van der Waals surface area contributed by atoms with Crippen molar-refractivity contribution in [2.75, 3.05) is 19.1 Å². The molecule has 0 bridgehead atoms. The fourth-order valence-corrected chi connectivity index (χ4v) is 4.05. The first-order valence-corrected chi connectivity index (χ1v) is 10.0. The number of nitrogens with two attached hydrogens (primary N) is 1. The van der Waals surface area contributed by atoms with Gasteiger partial charge in [-0.05, 0) is 30.7 Å². The van der Waals surface area contributed by atoms with Gasteiger partial charge in [0.2, 0.25) is 0 Å². The van der Waals surface area contributed by atoms with Crippen LogP contribution in [0.3, 0.4) is 0 Å². The zero-order valence-corrected chi connectivity index (χ0v) is 18.2. The van der Waals surface area contributed by atoms with E-state index in [1.807, 2.05) is 13.0 Å². The summed E-state index contributed by atoms with van der Waals surface area (Å²) in [6.07, 6.45) is 0. The van der Waals surface area contributed by atoms with Crippen molar-refractivity contribution in [2.45, 2.75) is 12.8 Å². The minimum atomic E-state index is -0.910. The van der Waals surface area contributed by atoms with Crippen molar-refractivity contribution in [3.05, 3.63) is 82.6 Å². The highest BCUT2D eigenvalue weighted by atomic mass is 16.5. The van der Waals surface area contributed by atoms with Crippen molar-refractivity contribution in [1.29, 1.82) is 5.26 Å². The highest BCUT2D eigenvalue weighted by Gasteiger charge is 2.43. The first-order valence-electron chi connectivity index (χ1n) is 10.0. The second kappa shape index (κ2) is 8.51. The second-order valence-electron chi connectivity index (χ2n) is 7.36. The third kappa shape index (κ3) is 3.57. The molecule has 33 heavy (non-hydrogen) atoms. The molecular formula is C24H21N5O4. The van der Waals surface area contributed by atoms with Gasteiger partial charge >= 0.3 is 11.9 Å². The molecule has 3 aromatic rings. The number of imidazole rings is 1. The molecule has 1 aliphatic heterocycles. The molecule has 1 atom stereocenters. The molecule has 0 amide bonds. The lowest BCUT2D eigenvalue weighted by molar-refractivity contribution is -0.139. The predicted octanol–water partition coefficient (Wildman–Crippen LogP) is 2.77. The van der Waals surface area contributed by atoms with E-state index in [0.717, 1.165) is 5.52 Å². The minimum absolute atomic E-state index is 0.00925. The summed E-state index contributed by atoms with van der Waals surface area (Å²) in [7, 11) is 2.42. The molecule has 166 valence electrons. The molecule has 0 saturated carbocycles. The zero-order chi connectivity index (χ0) is 23.7. The summed E-state index contributed by atoms with van der Waals surface area (Å²) in [6.45, 7) is 1.82. The molecule has 1 aromatic heterocycles. The van der Waals surface area contributed by atoms with Gasteiger partial charge in [0.05, 0.1) is 54.1 Å². The van der Waals surface area contributed by atoms with E-state index in [1.165, 1.54) is 19.1 Å². The van der Waals surface area contributed by atoms with Gasteiger partial charge in [-0.15, -0.1) is 0 Å². The van der Waals surface area contributed by atoms with Gasteiger partial charge in [-0.1, -0.05) is 30.3 Å². The first-order chi connectivity index (χ1) is 15.9. The van der Waals surface area contributed by atoms with Crippen LogP contribution in [0, 0.1) is 18.3 Å². The number of carbonyl (C=O) groups excluding carboxylic acids is 2. The number of benzene rings is 2. The fraction of sp³-hybridized carbons (Fsp3) is 0.167. The number of esters is 2. The fourth-order valence-electron chi connectivity index (χ4n) is 4.05. The van der Waals surface area contributed by atoms with E-state index in [1.54, 1.807) is 42.5 Å². The number of aryl methyl sites for hydroxylation is 1. The van der Waals surface area contributed by atoms with Crippen LogP contribution < -0.4 is 10.6 Å². The molecule has 0 fully saturated rings. The van der Waals surface area contributed by atoms with Crippen LogP contribution in [0.2, 0.25) is 0 Å². The molecule has 2 heterocycles. The number of rotatable bonds is 4. The molecule has 3 N–H and O–H groups in total. The lowest BCUT2D eigenvalue weighted by atomic mass is 9.81. The standard InChI is InChI=1S/C24H21N5O4/c1-13-27-17-10-9-15(11-18(17)28-13)29-21(24(31)33-3)20(23(30)32-2)19(16(12-25)22(29)26)14-7-5-4-6-8-14/h4-11,19H,26H2,1-3H3,(H,27,28). The van der Waals surface area contributed by atoms with Crippen molar-refractivity contribution < 1.29 is 19.1 Å². The summed E-state index contributed by atoms with van der Waals surface area (Å²) >= 11 is 0. The number of hydrogen-bond acceptors (Lipinski definition) is 8. The van der Waals surface area contributed by atoms with Crippen LogP contribution in [-0.2, 0) is 19.1 Å². The van der Waals surface area contributed by atoms with Crippen LogP contribution in [0.5, 0.6) is 0 Å². The Balaban J connectivity index is 2.06. The predicted molar refractivity (Wildman–Crippen MR) is 120 cm³/mol. The molecule has 9 nitrogen and oxygen atoms in total. The number of aromatic amines is 1. The maximum absolute atomic E-state index is 13.1. The summed E-state index contributed by atoms with van der Waals surface area (Å²) in [6, 6.07) is 16.2. The first kappa shape index (κ1) is 21.6. The average molecular weight is 443 g/mol. The molecule has 0 spiro atoms. The molecule has 2 aromatic carbocycles. The molecule has 1 aliphatic rings. The largest absolute Gasteiger partial charge is 0.466 e. The number of anilines is 1. The summed E-state index contributed by atoms with van der Waals surface area (Å²) < 4.78 is 10.1. The highest BCUT2D eigenvalue weighted by Crippen LogP contribution is 2.43. The van der Waals surface area contributed by atoms with Crippen LogP contribution >= 0.6 is 0 Å². The van der Waals surface area contributed by atoms with E-state index in [2.05, 4.69) is 16.0 Å². The molecule has 4 rings (SSSR count). The van der Waals surface area contributed by atoms with Gasteiger partial charge in [0, 0.05) is 0 Å². The quantitative estimate of drug-likeness (QED) is 0.588. The summed E-state index contributed by atoms with van der Waals surface area (Å²) in [4.78, 5) is 35.0. The van der Waals surface area contributed by atoms with Crippen LogP contribution in [0.25, 0.3) is 11.0 Å². The molecule has 9 heteroatoms. The van der Waals surface area contributed by atoms with Gasteiger partial charge in [-0.3, -0.25) is 4.90 Å². The van der Waals surface area contributed by atoms with E-state index in [9.17, 15) is 14.9 Å². The van der Waals surface area contributed by atoms with Crippen LogP contribution in [-0.4, -0.2) is 36.1 Å². The topological polar surface area (TPSA) is 134 Å². The van der Waals surface area contributed by atoms with E-state index < -0.39 is 17.9 Å². The van der Waals surface area contributed by atoms with Gasteiger partial charge in [0.15, 0.2) is 0 Å². The van der Waals surface area contributed by atoms with Crippen LogP contribution in [0.15, 0.2) is 71.2 Å². The summed E-state index contributed by atoms with van der Waals surface area (Å²) in [5.41, 5.74) is 8.91. The van der Waals surface area contributed by atoms with Gasteiger partial charge in [0.25, 0.3) is 0 Å². The van der Waals surface area contributed by atoms with Crippen molar-refractivity contribution in [1.82, 2.24) is 9.97 Å². The van der Waals surface area contributed by atoms with Gasteiger partial charge in [-0.2, -0.15) is 5.26 Å². The Morgan fingerprint density at radius 2 is 1.82 bits per heavy atom. The van der Waals surface area contributed by atoms with Crippen molar-refractivity contribution >= 4 is 28.7 Å². The normalized spacial score (nSPS) is 16.1. The number of nitriles is 1. The third-order valence-corrected chi connectivity index (χ3v) is 5.45. The van der Waals surface area contributed by atoms with E-state index in [4.69, 9.17) is 15.2 Å². The van der Waals surface area contributed by atoms with E-state index in [0.29, 0.717) is 22.6 Å². The molecule has 0 radical (unpaired) electrons. The Morgan fingerprint density at radius 1 is 1.12 bits per heavy atom. The number of ether oxygens (including phenoxy) is 2. The maximum Gasteiger partial charge on any atom is 0.355 e. The number of carbonyl (C=O) groups is 2. The smallest absolute Gasteiger partial charge is 0.355 e. The van der Waals surface area contributed by atoms with Crippen molar-refractivity contribution in [2.24, 2.45) is 5.73 Å². The molecule has 0 aliphatic carbocycles. The monoisotopic (exact) mass is 443 g/mol. The zero-order valence-electron chi connectivity index (χ0n) is 18.2. The summed E-state index contributed by atoms with van der Waals surface area (Å²) in [5.74, 6) is -1.75. The average Bonchev–Trinajstić information content (AvgIpc) is 3.21. The molecule has 1 unspecified atom stereocenters. The number of hydrogen-bond donors (Lipinski definition) is 2. The van der Waals surface area contributed by atoms with Crippen molar-refractivity contribution in [3.8, 4) is 6.07 Å². The Kier molecular flexibility index (Phi) is 5.58. The van der Waals surface area contributed by atoms with Crippen molar-refractivity contribution in [3.63, 3.8) is 0 Å². The number of fused-ring (bicyclic) bond motifs is 1. The van der Waals surface area contributed by atoms with Crippen LogP contribution in [0.4, 0.5) is 5.69 Å². The number of aromatic nitrogens is 2. The third-order valence-electron chi connectivity index (χ3n) is 5.45. The second-order valence-corrected chi connectivity index (χ2v) is 7.36. The number of nitrogens with zero attached hydrogens (tertiary/aromatic N) is 3. The lowest BCUT2D eigenvalue weighted by Gasteiger charge is -2.35. The van der Waals surface area contributed by atoms with Gasteiger partial charge < -0.3 is 20.2 Å². The van der Waals surface area contributed by atoms with E-state index >= 15 is 0 Å². The number of H-pyrrole nitrogens is 1. The molecular weight excluding hydrogens is 422 g/mol. The van der Waals surface area contributed by atoms with Gasteiger partial charge in [0.1, 0.15) is 17.3 Å². The SMILES string of the molecule is COC(=O)C1=C(C(=O)OC)N(c2ccc3nc(C)[nH]c3c2)C(N)=C(C#N)C1c1ccccc1. The van der Waals surface area contributed by atoms with E-state index in [-0.39, 0.29) is 22.7 Å². The number of nitrogens with one attached hydrogen (secondary N) is 1. The Hall–Kier alpha value is -4.58. The number of allylic oxidation sites excluding steroid dienone is 1. The highest BCUT2D eigenvalue weighted by molar-refractivity contribution is 6.06. The lowest BCUT2D eigenvalue weighted by Crippen LogP contribution is -2.40. The van der Waals surface area contributed by atoms with Gasteiger partial charge in [-0.25, -0.2) is 14.6 Å². The minimum Gasteiger partial charge on any atom is -0.466 e. The Labute approximate surface area is 189 Å². The Bertz CT molecular complexity index is 1360. The molecule has 0 saturated heterocycles. The maximum atomic E-state index is 13.1.